The summed E-state index contributed by atoms with van der Waals surface area (Å²) in [4.78, 5) is 16.2. The van der Waals surface area contributed by atoms with Crippen LogP contribution in [0, 0.1) is 0 Å². The van der Waals surface area contributed by atoms with Crippen LogP contribution in [0.4, 0.5) is 0 Å². The van der Waals surface area contributed by atoms with Gasteiger partial charge in [-0.2, -0.15) is 0 Å². The lowest BCUT2D eigenvalue weighted by Crippen LogP contribution is -2.59. The maximum atomic E-state index is 12.1. The Hall–Kier alpha value is -0.650. The fourth-order valence-corrected chi connectivity index (χ4v) is 2.07. The van der Waals surface area contributed by atoms with Crippen molar-refractivity contribution in [3.8, 4) is 0 Å². The van der Waals surface area contributed by atoms with E-state index in [4.69, 9.17) is 10.5 Å². The van der Waals surface area contributed by atoms with Crippen molar-refractivity contribution in [1.29, 1.82) is 0 Å². The van der Waals surface area contributed by atoms with E-state index in [1.54, 1.807) is 0 Å². The molecule has 2 rings (SSSR count). The minimum atomic E-state index is -0.754. The van der Waals surface area contributed by atoms with Crippen LogP contribution in [-0.4, -0.2) is 67.7 Å². The maximum absolute atomic E-state index is 12.1. The van der Waals surface area contributed by atoms with E-state index in [1.165, 1.54) is 0 Å². The third kappa shape index (κ3) is 2.14. The number of carbonyl (C=O) groups excluding carboxylic acids is 1. The van der Waals surface area contributed by atoms with Crippen LogP contribution in [0.5, 0.6) is 0 Å². The van der Waals surface area contributed by atoms with E-state index in [9.17, 15) is 4.79 Å². The number of nitrogens with two attached hydrogens (primary N) is 1. The van der Waals surface area contributed by atoms with E-state index in [0.717, 1.165) is 26.2 Å². The third-order valence-electron chi connectivity index (χ3n) is 3.27. The first-order chi connectivity index (χ1) is 7.12. The average molecular weight is 213 g/mol. The Bertz CT molecular complexity index is 243. The summed E-state index contributed by atoms with van der Waals surface area (Å²) in [5.74, 6) is 0.0631. The van der Waals surface area contributed by atoms with E-state index < -0.39 is 5.54 Å². The molecule has 1 atom stereocenters. The predicted octanol–water partition coefficient (Wildman–Crippen LogP) is -1.12. The van der Waals surface area contributed by atoms with Crippen LogP contribution >= 0.6 is 0 Å². The SMILES string of the molecule is CN1CCN(C(=O)C2(N)CCOC2)CC1. The standard InChI is InChI=1S/C10H19N3O2/c1-12-3-5-13(6-4-12)9(14)10(11)2-7-15-8-10/h2-8,11H2,1H3. The average Bonchev–Trinajstić information content (AvgIpc) is 2.67. The fraction of sp³-hybridized carbons (Fsp3) is 0.900. The van der Waals surface area contributed by atoms with Gasteiger partial charge in [0, 0.05) is 32.8 Å². The Balaban J connectivity index is 1.95. The van der Waals surface area contributed by atoms with Crippen LogP contribution in [0.15, 0.2) is 0 Å². The molecule has 2 aliphatic heterocycles. The molecule has 2 heterocycles. The largest absolute Gasteiger partial charge is 0.379 e. The van der Waals surface area contributed by atoms with Crippen molar-refractivity contribution < 1.29 is 9.53 Å². The van der Waals surface area contributed by atoms with Crippen LogP contribution in [0.3, 0.4) is 0 Å². The highest BCUT2D eigenvalue weighted by Crippen LogP contribution is 2.19. The first-order valence-corrected chi connectivity index (χ1v) is 5.46. The molecule has 5 nitrogen and oxygen atoms in total. The molecule has 0 aromatic rings. The van der Waals surface area contributed by atoms with Gasteiger partial charge < -0.3 is 20.3 Å². The highest BCUT2D eigenvalue weighted by atomic mass is 16.5. The molecule has 2 saturated heterocycles. The first kappa shape index (κ1) is 10.9. The third-order valence-corrected chi connectivity index (χ3v) is 3.27. The van der Waals surface area contributed by atoms with Crippen molar-refractivity contribution in [2.24, 2.45) is 5.73 Å². The molecule has 0 saturated carbocycles. The van der Waals surface area contributed by atoms with Gasteiger partial charge in [0.15, 0.2) is 0 Å². The number of hydrogen-bond donors (Lipinski definition) is 1. The summed E-state index contributed by atoms with van der Waals surface area (Å²) in [7, 11) is 2.07. The summed E-state index contributed by atoms with van der Waals surface area (Å²) in [6, 6.07) is 0. The van der Waals surface area contributed by atoms with Crippen molar-refractivity contribution in [3.05, 3.63) is 0 Å². The second-order valence-electron chi connectivity index (χ2n) is 4.55. The minimum Gasteiger partial charge on any atom is -0.379 e. The Morgan fingerprint density at radius 2 is 2.00 bits per heavy atom. The zero-order valence-electron chi connectivity index (χ0n) is 9.24. The zero-order chi connectivity index (χ0) is 10.9. The van der Waals surface area contributed by atoms with Crippen molar-refractivity contribution in [3.63, 3.8) is 0 Å². The number of piperazine rings is 1. The van der Waals surface area contributed by atoms with Crippen LogP contribution < -0.4 is 5.73 Å². The van der Waals surface area contributed by atoms with Crippen LogP contribution in [-0.2, 0) is 9.53 Å². The number of ether oxygens (including phenoxy) is 1. The molecule has 5 heteroatoms. The topological polar surface area (TPSA) is 58.8 Å². The zero-order valence-corrected chi connectivity index (χ0v) is 9.24. The fourth-order valence-electron chi connectivity index (χ4n) is 2.07. The Labute approximate surface area is 90.1 Å². The van der Waals surface area contributed by atoms with Crippen molar-refractivity contribution in [2.75, 3.05) is 46.4 Å². The lowest BCUT2D eigenvalue weighted by atomic mass is 9.98. The Morgan fingerprint density at radius 1 is 1.33 bits per heavy atom. The second kappa shape index (κ2) is 4.08. The van der Waals surface area contributed by atoms with Crippen LogP contribution in [0.25, 0.3) is 0 Å². The summed E-state index contributed by atoms with van der Waals surface area (Å²) in [5, 5.41) is 0. The minimum absolute atomic E-state index is 0.0631. The van der Waals surface area contributed by atoms with Gasteiger partial charge in [0.1, 0.15) is 5.54 Å². The molecule has 0 aromatic carbocycles. The van der Waals surface area contributed by atoms with Crippen LogP contribution in [0.1, 0.15) is 6.42 Å². The van der Waals surface area contributed by atoms with E-state index in [0.29, 0.717) is 19.6 Å². The Kier molecular flexibility index (Phi) is 2.95. The second-order valence-corrected chi connectivity index (χ2v) is 4.55. The summed E-state index contributed by atoms with van der Waals surface area (Å²) < 4.78 is 5.21. The highest BCUT2D eigenvalue weighted by molar-refractivity contribution is 5.86. The van der Waals surface area contributed by atoms with Gasteiger partial charge >= 0.3 is 0 Å². The van der Waals surface area contributed by atoms with Crippen molar-refractivity contribution in [2.45, 2.75) is 12.0 Å². The summed E-state index contributed by atoms with van der Waals surface area (Å²) in [6.45, 7) is 4.42. The lowest BCUT2D eigenvalue weighted by molar-refractivity contribution is -0.138. The molecule has 1 amide bonds. The van der Waals surface area contributed by atoms with Gasteiger partial charge in [-0.3, -0.25) is 4.79 Å². The lowest BCUT2D eigenvalue weighted by Gasteiger charge is -2.36. The molecule has 15 heavy (non-hydrogen) atoms. The molecule has 2 fully saturated rings. The summed E-state index contributed by atoms with van der Waals surface area (Å²) in [6.07, 6.45) is 0.651. The van der Waals surface area contributed by atoms with E-state index >= 15 is 0 Å². The van der Waals surface area contributed by atoms with E-state index in [-0.39, 0.29) is 5.91 Å². The molecule has 0 aromatic heterocycles. The molecule has 2 aliphatic rings. The highest BCUT2D eigenvalue weighted by Gasteiger charge is 2.41. The van der Waals surface area contributed by atoms with Gasteiger partial charge in [-0.15, -0.1) is 0 Å². The number of hydrogen-bond acceptors (Lipinski definition) is 4. The summed E-state index contributed by atoms with van der Waals surface area (Å²) >= 11 is 0. The molecule has 0 bridgehead atoms. The van der Waals surface area contributed by atoms with Crippen molar-refractivity contribution in [1.82, 2.24) is 9.80 Å². The maximum Gasteiger partial charge on any atom is 0.245 e. The quantitative estimate of drug-likeness (QED) is 0.599. The molecule has 0 aliphatic carbocycles. The van der Waals surface area contributed by atoms with Gasteiger partial charge in [0.25, 0.3) is 0 Å². The molecule has 86 valence electrons. The number of rotatable bonds is 1. The number of carbonyl (C=O) groups is 1. The predicted molar refractivity (Wildman–Crippen MR) is 56.4 cm³/mol. The number of nitrogens with zero attached hydrogens (tertiary/aromatic N) is 2. The van der Waals surface area contributed by atoms with Gasteiger partial charge in [-0.05, 0) is 13.5 Å². The smallest absolute Gasteiger partial charge is 0.245 e. The number of amides is 1. The normalized spacial score (nSPS) is 33.3. The molecular formula is C10H19N3O2. The van der Waals surface area contributed by atoms with E-state index in [1.807, 2.05) is 4.90 Å². The van der Waals surface area contributed by atoms with Gasteiger partial charge in [-0.25, -0.2) is 0 Å². The van der Waals surface area contributed by atoms with Crippen LogP contribution in [0.2, 0.25) is 0 Å². The van der Waals surface area contributed by atoms with Gasteiger partial charge in [-0.1, -0.05) is 0 Å². The van der Waals surface area contributed by atoms with Crippen molar-refractivity contribution >= 4 is 5.91 Å². The molecule has 0 radical (unpaired) electrons. The molecule has 1 unspecified atom stereocenters. The summed E-state index contributed by atoms with van der Waals surface area (Å²) in [5.41, 5.74) is 5.28. The van der Waals surface area contributed by atoms with Gasteiger partial charge in [0.05, 0.1) is 6.61 Å². The monoisotopic (exact) mass is 213 g/mol. The molecular weight excluding hydrogens is 194 g/mol. The van der Waals surface area contributed by atoms with Gasteiger partial charge in [0.2, 0.25) is 5.91 Å². The molecule has 2 N–H and O–H groups in total. The number of likely N-dealkylation sites (N-methyl/N-ethyl adjacent to an activating group) is 1. The Morgan fingerprint density at radius 3 is 2.53 bits per heavy atom. The van der Waals surface area contributed by atoms with E-state index in [2.05, 4.69) is 11.9 Å². The molecule has 0 spiro atoms. The first-order valence-electron chi connectivity index (χ1n) is 5.46.